The van der Waals surface area contributed by atoms with Gasteiger partial charge in [0.2, 0.25) is 5.91 Å². The highest BCUT2D eigenvalue weighted by Gasteiger charge is 2.36. The molecule has 2 rings (SSSR count). The predicted octanol–water partition coefficient (Wildman–Crippen LogP) is 1.47. The zero-order valence-electron chi connectivity index (χ0n) is 10.7. The molecule has 0 spiro atoms. The van der Waals surface area contributed by atoms with Gasteiger partial charge in [-0.25, -0.2) is 4.39 Å². The van der Waals surface area contributed by atoms with Crippen LogP contribution in [0.2, 0.25) is 0 Å². The van der Waals surface area contributed by atoms with Crippen LogP contribution in [0.4, 0.5) is 4.39 Å². The summed E-state index contributed by atoms with van der Waals surface area (Å²) < 4.78 is 17.6. The Morgan fingerprint density at radius 3 is 2.58 bits per heavy atom. The average Bonchev–Trinajstić information content (AvgIpc) is 2.42. The summed E-state index contributed by atoms with van der Waals surface area (Å²) in [6.45, 7) is 0.416. The molecule has 0 radical (unpaired) electrons. The fraction of sp³-hybridized carbons (Fsp3) is 0.286. The number of carbonyl (C=O) groups excluding carboxylic acids is 2. The minimum Gasteiger partial charge on any atom is -0.468 e. The SMILES string of the molecule is COC(=O)C1C(=O)N(C)CC=C1c1ccc(F)cc1. The first kappa shape index (κ1) is 13.3. The normalized spacial score (nSPS) is 19.1. The van der Waals surface area contributed by atoms with E-state index in [1.54, 1.807) is 25.3 Å². The minimum absolute atomic E-state index is 0.311. The van der Waals surface area contributed by atoms with Gasteiger partial charge in [-0.3, -0.25) is 9.59 Å². The Morgan fingerprint density at radius 2 is 2.00 bits per heavy atom. The molecular weight excluding hydrogens is 249 g/mol. The second kappa shape index (κ2) is 5.22. The van der Waals surface area contributed by atoms with Gasteiger partial charge < -0.3 is 9.64 Å². The van der Waals surface area contributed by atoms with Crippen molar-refractivity contribution in [1.82, 2.24) is 4.90 Å². The molecule has 100 valence electrons. The molecular formula is C14H14FNO3. The van der Waals surface area contributed by atoms with Crippen molar-refractivity contribution in [2.45, 2.75) is 0 Å². The average molecular weight is 263 g/mol. The Kier molecular flexibility index (Phi) is 3.64. The molecule has 1 heterocycles. The lowest BCUT2D eigenvalue weighted by Crippen LogP contribution is -2.41. The number of rotatable bonds is 2. The third kappa shape index (κ3) is 2.50. The molecule has 0 bridgehead atoms. The lowest BCUT2D eigenvalue weighted by Gasteiger charge is -2.28. The third-order valence-electron chi connectivity index (χ3n) is 3.13. The van der Waals surface area contributed by atoms with Crippen molar-refractivity contribution in [2.75, 3.05) is 20.7 Å². The van der Waals surface area contributed by atoms with E-state index in [0.717, 1.165) is 0 Å². The number of hydrogen-bond donors (Lipinski definition) is 0. The molecule has 1 unspecified atom stereocenters. The first-order valence-electron chi connectivity index (χ1n) is 5.83. The Balaban J connectivity index is 2.43. The summed E-state index contributed by atoms with van der Waals surface area (Å²) in [5.74, 6) is -2.26. The van der Waals surface area contributed by atoms with Gasteiger partial charge in [0.1, 0.15) is 5.82 Å². The molecule has 4 nitrogen and oxygen atoms in total. The molecule has 1 atom stereocenters. The minimum atomic E-state index is -0.978. The summed E-state index contributed by atoms with van der Waals surface area (Å²) in [5.41, 5.74) is 1.22. The van der Waals surface area contributed by atoms with Crippen LogP contribution in [0.5, 0.6) is 0 Å². The van der Waals surface area contributed by atoms with E-state index in [4.69, 9.17) is 0 Å². The molecule has 0 aromatic heterocycles. The highest BCUT2D eigenvalue weighted by molar-refractivity contribution is 6.09. The molecule has 1 aliphatic rings. The Labute approximate surface area is 110 Å². The molecule has 0 fully saturated rings. The number of esters is 1. The van der Waals surface area contributed by atoms with Crippen molar-refractivity contribution >= 4 is 17.4 Å². The van der Waals surface area contributed by atoms with Crippen molar-refractivity contribution in [3.8, 4) is 0 Å². The van der Waals surface area contributed by atoms with Gasteiger partial charge in [0, 0.05) is 13.6 Å². The largest absolute Gasteiger partial charge is 0.468 e. The molecule has 0 saturated heterocycles. The molecule has 1 aromatic carbocycles. The number of carbonyl (C=O) groups is 2. The highest BCUT2D eigenvalue weighted by Crippen LogP contribution is 2.29. The third-order valence-corrected chi connectivity index (χ3v) is 3.13. The predicted molar refractivity (Wildman–Crippen MR) is 67.5 cm³/mol. The number of halogens is 1. The van der Waals surface area contributed by atoms with E-state index in [1.165, 1.54) is 24.1 Å². The van der Waals surface area contributed by atoms with Gasteiger partial charge in [0.15, 0.2) is 5.92 Å². The summed E-state index contributed by atoms with van der Waals surface area (Å²) >= 11 is 0. The van der Waals surface area contributed by atoms with Gasteiger partial charge in [-0.15, -0.1) is 0 Å². The molecule has 0 aliphatic carbocycles. The summed E-state index contributed by atoms with van der Waals surface area (Å²) in [6.07, 6.45) is 1.79. The molecule has 1 aliphatic heterocycles. The first-order valence-corrected chi connectivity index (χ1v) is 5.83. The van der Waals surface area contributed by atoms with Crippen LogP contribution in [0.15, 0.2) is 30.3 Å². The van der Waals surface area contributed by atoms with Gasteiger partial charge in [-0.1, -0.05) is 18.2 Å². The maximum atomic E-state index is 12.9. The maximum Gasteiger partial charge on any atom is 0.322 e. The zero-order chi connectivity index (χ0) is 14.0. The first-order chi connectivity index (χ1) is 9.04. The number of likely N-dealkylation sites (N-methyl/N-ethyl adjacent to an activating group) is 1. The highest BCUT2D eigenvalue weighted by atomic mass is 19.1. The van der Waals surface area contributed by atoms with Crippen LogP contribution in [0.1, 0.15) is 5.56 Å². The van der Waals surface area contributed by atoms with E-state index in [9.17, 15) is 14.0 Å². The molecule has 0 N–H and O–H groups in total. The van der Waals surface area contributed by atoms with Crippen molar-refractivity contribution in [1.29, 1.82) is 0 Å². The van der Waals surface area contributed by atoms with Crippen LogP contribution in [-0.2, 0) is 14.3 Å². The number of methoxy groups -OCH3 is 1. The lowest BCUT2D eigenvalue weighted by atomic mass is 9.88. The molecule has 5 heteroatoms. The monoisotopic (exact) mass is 263 g/mol. The van der Waals surface area contributed by atoms with Crippen LogP contribution in [0.25, 0.3) is 5.57 Å². The number of ether oxygens (including phenoxy) is 1. The van der Waals surface area contributed by atoms with E-state index in [-0.39, 0.29) is 11.7 Å². The molecule has 1 amide bonds. The van der Waals surface area contributed by atoms with Crippen LogP contribution in [0, 0.1) is 11.7 Å². The van der Waals surface area contributed by atoms with E-state index in [2.05, 4.69) is 4.74 Å². The van der Waals surface area contributed by atoms with Crippen LogP contribution in [0.3, 0.4) is 0 Å². The van der Waals surface area contributed by atoms with E-state index >= 15 is 0 Å². The molecule has 0 saturated carbocycles. The van der Waals surface area contributed by atoms with Crippen molar-refractivity contribution in [2.24, 2.45) is 5.92 Å². The molecule has 19 heavy (non-hydrogen) atoms. The molecule has 1 aromatic rings. The van der Waals surface area contributed by atoms with Crippen LogP contribution >= 0.6 is 0 Å². The standard InChI is InChI=1S/C14H14FNO3/c1-16-8-7-11(9-3-5-10(15)6-4-9)12(13(16)17)14(18)19-2/h3-7,12H,8H2,1-2H3. The lowest BCUT2D eigenvalue weighted by molar-refractivity contribution is -0.150. The second-order valence-electron chi connectivity index (χ2n) is 4.34. The van der Waals surface area contributed by atoms with E-state index in [0.29, 0.717) is 17.7 Å². The number of hydrogen-bond acceptors (Lipinski definition) is 3. The Bertz CT molecular complexity index is 536. The van der Waals surface area contributed by atoms with Gasteiger partial charge in [0.05, 0.1) is 7.11 Å². The van der Waals surface area contributed by atoms with Gasteiger partial charge in [-0.2, -0.15) is 0 Å². The van der Waals surface area contributed by atoms with Crippen molar-refractivity contribution in [3.63, 3.8) is 0 Å². The Morgan fingerprint density at radius 1 is 1.37 bits per heavy atom. The van der Waals surface area contributed by atoms with Crippen molar-refractivity contribution < 1.29 is 18.7 Å². The number of benzene rings is 1. The fourth-order valence-electron chi connectivity index (χ4n) is 2.07. The quantitative estimate of drug-likeness (QED) is 0.599. The van der Waals surface area contributed by atoms with Gasteiger partial charge in [0.25, 0.3) is 0 Å². The number of nitrogens with zero attached hydrogens (tertiary/aromatic N) is 1. The Hall–Kier alpha value is -2.17. The van der Waals surface area contributed by atoms with Crippen LogP contribution in [-0.4, -0.2) is 37.5 Å². The summed E-state index contributed by atoms with van der Waals surface area (Å²) in [5, 5.41) is 0. The second-order valence-corrected chi connectivity index (χ2v) is 4.34. The summed E-state index contributed by atoms with van der Waals surface area (Å²) in [4.78, 5) is 25.3. The summed E-state index contributed by atoms with van der Waals surface area (Å²) in [7, 11) is 2.86. The van der Waals surface area contributed by atoms with E-state index in [1.807, 2.05) is 0 Å². The van der Waals surface area contributed by atoms with E-state index < -0.39 is 11.9 Å². The van der Waals surface area contributed by atoms with Gasteiger partial charge in [-0.05, 0) is 23.3 Å². The zero-order valence-corrected chi connectivity index (χ0v) is 10.7. The smallest absolute Gasteiger partial charge is 0.322 e. The fourth-order valence-corrected chi connectivity index (χ4v) is 2.07. The number of amides is 1. The van der Waals surface area contributed by atoms with Crippen LogP contribution < -0.4 is 0 Å². The topological polar surface area (TPSA) is 46.6 Å². The van der Waals surface area contributed by atoms with Gasteiger partial charge >= 0.3 is 5.97 Å². The van der Waals surface area contributed by atoms with Crippen molar-refractivity contribution in [3.05, 3.63) is 41.7 Å². The maximum absolute atomic E-state index is 12.9. The summed E-state index contributed by atoms with van der Waals surface area (Å²) in [6, 6.07) is 5.70.